The maximum Gasteiger partial charge on any atom is 0.310 e. The van der Waals surface area contributed by atoms with Gasteiger partial charge in [-0.3, -0.25) is 19.9 Å². The summed E-state index contributed by atoms with van der Waals surface area (Å²) >= 11 is 0. The Morgan fingerprint density at radius 3 is 2.71 bits per heavy atom. The lowest BCUT2D eigenvalue weighted by Gasteiger charge is -2.44. The summed E-state index contributed by atoms with van der Waals surface area (Å²) in [5, 5.41) is 20.4. The summed E-state index contributed by atoms with van der Waals surface area (Å²) in [7, 11) is 1.75. The molecule has 1 fully saturated rings. The van der Waals surface area contributed by atoms with E-state index in [4.69, 9.17) is 0 Å². The molecule has 2 rings (SSSR count). The second kappa shape index (κ2) is 6.07. The quantitative estimate of drug-likeness (QED) is 0.662. The molecule has 0 aromatic carbocycles. The van der Waals surface area contributed by atoms with Gasteiger partial charge < -0.3 is 10.0 Å². The van der Waals surface area contributed by atoms with Gasteiger partial charge >= 0.3 is 11.7 Å². The number of hydrogen-bond donors (Lipinski definition) is 1. The van der Waals surface area contributed by atoms with Crippen LogP contribution in [0.2, 0.25) is 0 Å². The third kappa shape index (κ3) is 3.12. The van der Waals surface area contributed by atoms with E-state index in [1.807, 2.05) is 0 Å². The molecular weight excluding hydrogens is 274 g/mol. The summed E-state index contributed by atoms with van der Waals surface area (Å²) in [5.74, 6) is -0.875. The summed E-state index contributed by atoms with van der Waals surface area (Å²) in [6.07, 6.45) is 7.12. The number of anilines is 1. The van der Waals surface area contributed by atoms with E-state index >= 15 is 0 Å². The van der Waals surface area contributed by atoms with Crippen LogP contribution in [0.25, 0.3) is 0 Å². The molecule has 1 heterocycles. The highest BCUT2D eigenvalue weighted by Crippen LogP contribution is 2.40. The van der Waals surface area contributed by atoms with Gasteiger partial charge in [0.15, 0.2) is 0 Å². The number of aliphatic carboxylic acids is 1. The fourth-order valence-electron chi connectivity index (χ4n) is 3.18. The van der Waals surface area contributed by atoms with Crippen LogP contribution in [0.5, 0.6) is 0 Å². The second-order valence-corrected chi connectivity index (χ2v) is 5.54. The van der Waals surface area contributed by atoms with Crippen molar-refractivity contribution in [1.29, 1.82) is 0 Å². The van der Waals surface area contributed by atoms with E-state index in [9.17, 15) is 20.0 Å². The molecule has 1 aliphatic carbocycles. The van der Waals surface area contributed by atoms with Crippen molar-refractivity contribution in [1.82, 2.24) is 4.98 Å². The normalized spacial score (nSPS) is 17.2. The first-order valence-electron chi connectivity index (χ1n) is 7.00. The molecule has 1 N–H and O–H groups in total. The topological polar surface area (TPSA) is 96.6 Å². The van der Waals surface area contributed by atoms with Gasteiger partial charge in [0.2, 0.25) is 0 Å². The van der Waals surface area contributed by atoms with Crippen LogP contribution in [0.1, 0.15) is 38.5 Å². The number of nitrogens with zero attached hydrogens (tertiary/aromatic N) is 3. The zero-order valence-corrected chi connectivity index (χ0v) is 12.0. The average Bonchev–Trinajstić information content (AvgIpc) is 2.46. The molecule has 0 aliphatic heterocycles. The average molecular weight is 293 g/mol. The Balaban J connectivity index is 2.40. The lowest BCUT2D eigenvalue weighted by Crippen LogP contribution is -2.50. The number of carbonyl (C=O) groups is 1. The third-order valence-electron chi connectivity index (χ3n) is 4.31. The van der Waals surface area contributed by atoms with Crippen LogP contribution in [0, 0.1) is 10.1 Å². The Bertz CT molecular complexity index is 541. The molecule has 0 amide bonds. The number of carboxylic acids is 1. The van der Waals surface area contributed by atoms with Crippen LogP contribution in [0.3, 0.4) is 0 Å². The number of rotatable bonds is 5. The number of aromatic nitrogens is 1. The van der Waals surface area contributed by atoms with E-state index in [2.05, 4.69) is 4.98 Å². The molecule has 7 heteroatoms. The van der Waals surface area contributed by atoms with Crippen LogP contribution >= 0.6 is 0 Å². The molecule has 0 unspecified atom stereocenters. The molecule has 0 spiro atoms. The molecule has 7 nitrogen and oxygen atoms in total. The maximum atomic E-state index is 11.3. The fourth-order valence-corrected chi connectivity index (χ4v) is 3.18. The van der Waals surface area contributed by atoms with Crippen LogP contribution in [0.15, 0.2) is 18.5 Å². The van der Waals surface area contributed by atoms with E-state index in [-0.39, 0.29) is 12.1 Å². The van der Waals surface area contributed by atoms with Gasteiger partial charge in [0.25, 0.3) is 0 Å². The van der Waals surface area contributed by atoms with Gasteiger partial charge in [-0.2, -0.15) is 0 Å². The summed E-state index contributed by atoms with van der Waals surface area (Å²) in [5.41, 5.74) is -0.218. The number of nitro groups is 1. The van der Waals surface area contributed by atoms with E-state index in [0.717, 1.165) is 32.1 Å². The summed E-state index contributed by atoms with van der Waals surface area (Å²) in [6, 6.07) is 1.58. The lowest BCUT2D eigenvalue weighted by molar-refractivity contribution is -0.384. The largest absolute Gasteiger partial charge is 0.481 e. The highest BCUT2D eigenvalue weighted by Gasteiger charge is 2.40. The molecular formula is C14H19N3O4. The van der Waals surface area contributed by atoms with Gasteiger partial charge in [-0.25, -0.2) is 0 Å². The van der Waals surface area contributed by atoms with Crippen LogP contribution < -0.4 is 4.90 Å². The highest BCUT2D eigenvalue weighted by molar-refractivity contribution is 5.71. The van der Waals surface area contributed by atoms with Crippen molar-refractivity contribution >= 4 is 17.3 Å². The second-order valence-electron chi connectivity index (χ2n) is 5.54. The number of pyridine rings is 1. The molecule has 21 heavy (non-hydrogen) atoms. The first-order valence-corrected chi connectivity index (χ1v) is 7.00. The molecule has 0 bridgehead atoms. The van der Waals surface area contributed by atoms with Gasteiger partial charge in [-0.05, 0) is 18.9 Å². The fraction of sp³-hybridized carbons (Fsp3) is 0.571. The van der Waals surface area contributed by atoms with Crippen molar-refractivity contribution in [2.75, 3.05) is 11.9 Å². The predicted molar refractivity (Wildman–Crippen MR) is 77.4 cm³/mol. The van der Waals surface area contributed by atoms with Crippen LogP contribution in [-0.2, 0) is 4.79 Å². The van der Waals surface area contributed by atoms with E-state index in [0.29, 0.717) is 5.69 Å². The Hall–Kier alpha value is -2.18. The standard InChI is InChI=1S/C14H19N3O4/c1-16(11-5-8-15-10-12(11)17(20)21)14(9-13(18)19)6-3-2-4-7-14/h5,8,10H,2-4,6-7,9H2,1H3,(H,18,19). The van der Waals surface area contributed by atoms with Gasteiger partial charge in [-0.1, -0.05) is 19.3 Å². The molecule has 1 aromatic heterocycles. The van der Waals surface area contributed by atoms with Gasteiger partial charge in [-0.15, -0.1) is 0 Å². The number of hydrogen-bond acceptors (Lipinski definition) is 5. The third-order valence-corrected chi connectivity index (χ3v) is 4.31. The Morgan fingerprint density at radius 1 is 1.48 bits per heavy atom. The highest BCUT2D eigenvalue weighted by atomic mass is 16.6. The molecule has 0 radical (unpaired) electrons. The lowest BCUT2D eigenvalue weighted by atomic mass is 9.78. The first kappa shape index (κ1) is 15.2. The Morgan fingerprint density at radius 2 is 2.14 bits per heavy atom. The smallest absolute Gasteiger partial charge is 0.310 e. The van der Waals surface area contributed by atoms with Crippen molar-refractivity contribution in [2.45, 2.75) is 44.1 Å². The number of carboxylic acid groups (broad SMARTS) is 1. The van der Waals surface area contributed by atoms with E-state index < -0.39 is 16.4 Å². The molecule has 114 valence electrons. The summed E-state index contributed by atoms with van der Waals surface area (Å²) in [4.78, 5) is 27.5. The molecule has 0 atom stereocenters. The SMILES string of the molecule is CN(c1ccncc1[N+](=O)[O-])C1(CC(=O)O)CCCCC1. The van der Waals surface area contributed by atoms with Gasteiger partial charge in [0.1, 0.15) is 11.9 Å². The van der Waals surface area contributed by atoms with Crippen molar-refractivity contribution < 1.29 is 14.8 Å². The Kier molecular flexibility index (Phi) is 4.40. The van der Waals surface area contributed by atoms with Crippen molar-refractivity contribution in [3.05, 3.63) is 28.6 Å². The maximum absolute atomic E-state index is 11.3. The zero-order valence-electron chi connectivity index (χ0n) is 12.0. The van der Waals surface area contributed by atoms with Crippen molar-refractivity contribution in [3.63, 3.8) is 0 Å². The van der Waals surface area contributed by atoms with E-state index in [1.165, 1.54) is 12.4 Å². The van der Waals surface area contributed by atoms with E-state index in [1.54, 1.807) is 18.0 Å². The molecule has 1 aliphatic rings. The van der Waals surface area contributed by atoms with Crippen LogP contribution in [0.4, 0.5) is 11.4 Å². The first-order chi connectivity index (χ1) is 9.96. The monoisotopic (exact) mass is 293 g/mol. The van der Waals surface area contributed by atoms with Gasteiger partial charge in [0.05, 0.1) is 16.9 Å². The predicted octanol–water partition coefficient (Wildman–Crippen LogP) is 2.60. The van der Waals surface area contributed by atoms with Crippen molar-refractivity contribution in [2.24, 2.45) is 0 Å². The minimum absolute atomic E-state index is 0.0109. The summed E-state index contributed by atoms with van der Waals surface area (Å²) < 4.78 is 0. The van der Waals surface area contributed by atoms with Crippen LogP contribution in [-0.4, -0.2) is 33.6 Å². The molecule has 0 saturated heterocycles. The summed E-state index contributed by atoms with van der Waals surface area (Å²) in [6.45, 7) is 0. The minimum atomic E-state index is -0.875. The van der Waals surface area contributed by atoms with Crippen molar-refractivity contribution in [3.8, 4) is 0 Å². The Labute approximate surface area is 122 Å². The van der Waals surface area contributed by atoms with Gasteiger partial charge in [0, 0.05) is 13.2 Å². The zero-order chi connectivity index (χ0) is 15.5. The minimum Gasteiger partial charge on any atom is -0.481 e. The molecule has 1 saturated carbocycles. The molecule has 1 aromatic rings.